The molecule has 0 radical (unpaired) electrons. The summed E-state index contributed by atoms with van der Waals surface area (Å²) in [6.45, 7) is 5.92. The van der Waals surface area contributed by atoms with Crippen LogP contribution in [0.4, 0.5) is 0 Å². The van der Waals surface area contributed by atoms with Crippen LogP contribution in [0.5, 0.6) is 0 Å². The number of nitrogens with one attached hydrogen (secondary N) is 1. The summed E-state index contributed by atoms with van der Waals surface area (Å²) in [6, 6.07) is 7.63. The molecule has 3 heteroatoms. The van der Waals surface area contributed by atoms with Crippen molar-refractivity contribution in [3.8, 4) is 5.69 Å². The Morgan fingerprint density at radius 2 is 1.87 bits per heavy atom. The third-order valence-electron chi connectivity index (χ3n) is 2.44. The average Bonchev–Trinajstić information content (AvgIpc) is 2.45. The van der Waals surface area contributed by atoms with E-state index in [-0.39, 0.29) is 5.56 Å². The number of hydrogen-bond donors (Lipinski definition) is 1. The van der Waals surface area contributed by atoms with Crippen molar-refractivity contribution in [3.05, 3.63) is 51.4 Å². The number of aryl methyl sites for hydroxylation is 3. The molecule has 1 heterocycles. The van der Waals surface area contributed by atoms with Gasteiger partial charge in [0.1, 0.15) is 0 Å². The van der Waals surface area contributed by atoms with Gasteiger partial charge in [0.05, 0.1) is 5.69 Å². The van der Waals surface area contributed by atoms with Crippen LogP contribution in [0.3, 0.4) is 0 Å². The van der Waals surface area contributed by atoms with Gasteiger partial charge in [-0.1, -0.05) is 17.7 Å². The second-order valence-corrected chi connectivity index (χ2v) is 3.90. The molecule has 2 rings (SSSR count). The number of benzene rings is 1. The molecular weight excluding hydrogens is 188 g/mol. The van der Waals surface area contributed by atoms with Gasteiger partial charge in [0.15, 0.2) is 0 Å². The number of aromatic nitrogens is 2. The minimum atomic E-state index is -0.0144. The standard InChI is InChI=1S/C12H14N2O/c1-8-4-5-11(9(2)6-8)14-12(15)7-10(3)13-14/h4-7,13H,1-3H3. The highest BCUT2D eigenvalue weighted by Gasteiger charge is 2.05. The van der Waals surface area contributed by atoms with E-state index < -0.39 is 0 Å². The Labute approximate surface area is 88.4 Å². The third kappa shape index (κ3) is 1.73. The van der Waals surface area contributed by atoms with Gasteiger partial charge in [0.25, 0.3) is 5.56 Å². The Morgan fingerprint density at radius 3 is 2.40 bits per heavy atom. The van der Waals surface area contributed by atoms with Crippen molar-refractivity contribution in [1.29, 1.82) is 0 Å². The van der Waals surface area contributed by atoms with E-state index in [0.717, 1.165) is 16.9 Å². The largest absolute Gasteiger partial charge is 0.295 e. The van der Waals surface area contributed by atoms with Crippen LogP contribution in [-0.2, 0) is 0 Å². The molecule has 1 aromatic carbocycles. The molecule has 3 nitrogen and oxygen atoms in total. The molecule has 0 aliphatic heterocycles. The molecule has 0 amide bonds. The summed E-state index contributed by atoms with van der Waals surface area (Å²) in [7, 11) is 0. The molecule has 0 aliphatic rings. The Hall–Kier alpha value is -1.77. The van der Waals surface area contributed by atoms with Crippen LogP contribution in [-0.4, -0.2) is 9.78 Å². The van der Waals surface area contributed by atoms with Gasteiger partial charge in [-0.25, -0.2) is 4.68 Å². The molecule has 0 spiro atoms. The SMILES string of the molecule is Cc1ccc(-n2[nH]c(C)cc2=O)c(C)c1. The molecule has 0 aliphatic carbocycles. The number of aromatic amines is 1. The van der Waals surface area contributed by atoms with Gasteiger partial charge >= 0.3 is 0 Å². The molecule has 15 heavy (non-hydrogen) atoms. The van der Waals surface area contributed by atoms with Crippen LogP contribution < -0.4 is 5.56 Å². The van der Waals surface area contributed by atoms with E-state index in [9.17, 15) is 4.79 Å². The summed E-state index contributed by atoms with van der Waals surface area (Å²) in [4.78, 5) is 11.6. The first kappa shape index (κ1) is 9.77. The van der Waals surface area contributed by atoms with E-state index in [1.54, 1.807) is 10.7 Å². The first-order valence-corrected chi connectivity index (χ1v) is 4.94. The molecule has 0 fully saturated rings. The van der Waals surface area contributed by atoms with Crippen molar-refractivity contribution in [2.75, 3.05) is 0 Å². The molecule has 0 bridgehead atoms. The zero-order chi connectivity index (χ0) is 11.0. The number of H-pyrrole nitrogens is 1. The molecule has 78 valence electrons. The normalized spacial score (nSPS) is 10.6. The van der Waals surface area contributed by atoms with Gasteiger partial charge in [-0.3, -0.25) is 9.89 Å². The predicted octanol–water partition coefficient (Wildman–Crippen LogP) is 2.09. The quantitative estimate of drug-likeness (QED) is 0.755. The van der Waals surface area contributed by atoms with Crippen molar-refractivity contribution in [1.82, 2.24) is 9.78 Å². The lowest BCUT2D eigenvalue weighted by atomic mass is 10.1. The summed E-state index contributed by atoms with van der Waals surface area (Å²) in [5, 5.41) is 3.03. The highest BCUT2D eigenvalue weighted by Crippen LogP contribution is 2.13. The fourth-order valence-electron chi connectivity index (χ4n) is 1.75. The van der Waals surface area contributed by atoms with E-state index in [1.807, 2.05) is 32.9 Å². The minimum absolute atomic E-state index is 0.0144. The summed E-state index contributed by atoms with van der Waals surface area (Å²) in [5.41, 5.74) is 4.07. The van der Waals surface area contributed by atoms with Crippen LogP contribution in [0.15, 0.2) is 29.1 Å². The maximum atomic E-state index is 11.6. The number of nitrogens with zero attached hydrogens (tertiary/aromatic N) is 1. The van der Waals surface area contributed by atoms with Gasteiger partial charge in [-0.05, 0) is 32.4 Å². The van der Waals surface area contributed by atoms with Crippen LogP contribution >= 0.6 is 0 Å². The van der Waals surface area contributed by atoms with Gasteiger partial charge in [-0.15, -0.1) is 0 Å². The fraction of sp³-hybridized carbons (Fsp3) is 0.250. The molecule has 0 saturated carbocycles. The lowest BCUT2D eigenvalue weighted by Crippen LogP contribution is -2.14. The highest BCUT2D eigenvalue weighted by molar-refractivity contribution is 5.41. The van der Waals surface area contributed by atoms with Crippen LogP contribution in [0.25, 0.3) is 5.69 Å². The Balaban J connectivity index is 2.64. The third-order valence-corrected chi connectivity index (χ3v) is 2.44. The Morgan fingerprint density at radius 1 is 1.13 bits per heavy atom. The van der Waals surface area contributed by atoms with Crippen LogP contribution in [0.1, 0.15) is 16.8 Å². The zero-order valence-electron chi connectivity index (χ0n) is 9.16. The second kappa shape index (κ2) is 3.42. The van der Waals surface area contributed by atoms with Gasteiger partial charge in [0.2, 0.25) is 0 Å². The lowest BCUT2D eigenvalue weighted by molar-refractivity contribution is 0.828. The zero-order valence-corrected chi connectivity index (χ0v) is 9.16. The molecule has 2 aromatic rings. The summed E-state index contributed by atoms with van der Waals surface area (Å²) in [5.74, 6) is 0. The van der Waals surface area contributed by atoms with Gasteiger partial charge < -0.3 is 0 Å². The van der Waals surface area contributed by atoms with Crippen molar-refractivity contribution in [3.63, 3.8) is 0 Å². The average molecular weight is 202 g/mol. The van der Waals surface area contributed by atoms with Crippen molar-refractivity contribution >= 4 is 0 Å². The number of rotatable bonds is 1. The van der Waals surface area contributed by atoms with Gasteiger partial charge in [-0.2, -0.15) is 0 Å². The van der Waals surface area contributed by atoms with Crippen LogP contribution in [0.2, 0.25) is 0 Å². The van der Waals surface area contributed by atoms with Crippen molar-refractivity contribution in [2.24, 2.45) is 0 Å². The first-order chi connectivity index (χ1) is 7.08. The summed E-state index contributed by atoms with van der Waals surface area (Å²) >= 11 is 0. The van der Waals surface area contributed by atoms with Gasteiger partial charge in [0, 0.05) is 11.8 Å². The van der Waals surface area contributed by atoms with Crippen LogP contribution in [0, 0.1) is 20.8 Å². The molecule has 0 unspecified atom stereocenters. The van der Waals surface area contributed by atoms with Crippen molar-refractivity contribution in [2.45, 2.75) is 20.8 Å². The molecule has 1 N–H and O–H groups in total. The molecule has 1 aromatic heterocycles. The second-order valence-electron chi connectivity index (χ2n) is 3.90. The first-order valence-electron chi connectivity index (χ1n) is 4.94. The topological polar surface area (TPSA) is 37.8 Å². The maximum absolute atomic E-state index is 11.6. The molecule has 0 saturated heterocycles. The molecule has 0 atom stereocenters. The fourth-order valence-corrected chi connectivity index (χ4v) is 1.75. The summed E-state index contributed by atoms with van der Waals surface area (Å²) in [6.07, 6.45) is 0. The molecular formula is C12H14N2O. The Bertz CT molecular complexity index is 549. The smallest absolute Gasteiger partial charge is 0.271 e. The maximum Gasteiger partial charge on any atom is 0.271 e. The van der Waals surface area contributed by atoms with E-state index in [1.165, 1.54) is 5.56 Å². The monoisotopic (exact) mass is 202 g/mol. The predicted molar refractivity (Wildman–Crippen MR) is 60.6 cm³/mol. The minimum Gasteiger partial charge on any atom is -0.295 e. The van der Waals surface area contributed by atoms with E-state index >= 15 is 0 Å². The number of hydrogen-bond acceptors (Lipinski definition) is 1. The Kier molecular flexibility index (Phi) is 2.23. The highest BCUT2D eigenvalue weighted by atomic mass is 16.1. The van der Waals surface area contributed by atoms with E-state index in [4.69, 9.17) is 0 Å². The lowest BCUT2D eigenvalue weighted by Gasteiger charge is -2.06. The van der Waals surface area contributed by atoms with Crippen molar-refractivity contribution < 1.29 is 0 Å². The van der Waals surface area contributed by atoms with E-state index in [0.29, 0.717) is 0 Å². The summed E-state index contributed by atoms with van der Waals surface area (Å²) < 4.78 is 1.57. The van der Waals surface area contributed by atoms with E-state index in [2.05, 4.69) is 11.2 Å².